The van der Waals surface area contributed by atoms with E-state index in [1.54, 1.807) is 0 Å². The maximum Gasteiger partial charge on any atom is 0.410 e. The molecular formula is C16H21F3N4O2. The number of nitrogens with one attached hydrogen (secondary N) is 2. The molecule has 1 saturated carbocycles. The third kappa shape index (κ3) is 3.47. The summed E-state index contributed by atoms with van der Waals surface area (Å²) in [5.41, 5.74) is 0.00574. The molecule has 1 saturated heterocycles. The van der Waals surface area contributed by atoms with Gasteiger partial charge >= 0.3 is 6.18 Å². The summed E-state index contributed by atoms with van der Waals surface area (Å²) in [5, 5.41) is 9.77. The van der Waals surface area contributed by atoms with Crippen molar-refractivity contribution in [3.05, 3.63) is 11.8 Å². The van der Waals surface area contributed by atoms with Crippen molar-refractivity contribution in [3.8, 4) is 0 Å². The Balaban J connectivity index is 1.50. The van der Waals surface area contributed by atoms with Crippen LogP contribution in [0, 0.1) is 5.92 Å². The number of aromatic nitrogens is 2. The van der Waals surface area contributed by atoms with Crippen LogP contribution in [0.5, 0.6) is 0 Å². The summed E-state index contributed by atoms with van der Waals surface area (Å²) in [6, 6.07) is -0.481. The van der Waals surface area contributed by atoms with E-state index in [0.29, 0.717) is 13.2 Å². The molecule has 3 heterocycles. The van der Waals surface area contributed by atoms with Crippen LogP contribution in [0.1, 0.15) is 48.6 Å². The SMILES string of the molecule is O=C(NC[C@@H]1CCCO1)c1cc2n(n1)[C@H](C(F)(F)F)C[C@H](C1CC1)N2. The van der Waals surface area contributed by atoms with Gasteiger partial charge in [-0.1, -0.05) is 0 Å². The molecule has 3 aliphatic rings. The van der Waals surface area contributed by atoms with E-state index < -0.39 is 18.1 Å². The van der Waals surface area contributed by atoms with Gasteiger partial charge in [-0.05, 0) is 38.0 Å². The molecule has 2 aliphatic heterocycles. The van der Waals surface area contributed by atoms with Gasteiger partial charge in [0.15, 0.2) is 11.7 Å². The number of rotatable bonds is 4. The van der Waals surface area contributed by atoms with Gasteiger partial charge in [0.2, 0.25) is 0 Å². The molecule has 2 fully saturated rings. The van der Waals surface area contributed by atoms with E-state index in [0.717, 1.165) is 30.4 Å². The van der Waals surface area contributed by atoms with Gasteiger partial charge in [0.05, 0.1) is 6.10 Å². The number of fused-ring (bicyclic) bond motifs is 1. The second-order valence-corrected chi connectivity index (χ2v) is 7.09. The Morgan fingerprint density at radius 1 is 1.40 bits per heavy atom. The molecular weight excluding hydrogens is 337 g/mol. The van der Waals surface area contributed by atoms with E-state index in [9.17, 15) is 18.0 Å². The molecule has 1 amide bonds. The van der Waals surface area contributed by atoms with Crippen molar-refractivity contribution in [1.82, 2.24) is 15.1 Å². The first-order valence-electron chi connectivity index (χ1n) is 8.74. The fraction of sp³-hybridized carbons (Fsp3) is 0.750. The summed E-state index contributed by atoms with van der Waals surface area (Å²) < 4.78 is 46.6. The number of carbonyl (C=O) groups excluding carboxylic acids is 1. The van der Waals surface area contributed by atoms with Crippen LogP contribution in [0.25, 0.3) is 0 Å². The van der Waals surface area contributed by atoms with Crippen LogP contribution in [0.4, 0.5) is 19.0 Å². The predicted molar refractivity (Wildman–Crippen MR) is 83.4 cm³/mol. The van der Waals surface area contributed by atoms with Crippen molar-refractivity contribution < 1.29 is 22.7 Å². The lowest BCUT2D eigenvalue weighted by Gasteiger charge is -2.33. The lowest BCUT2D eigenvalue weighted by Crippen LogP contribution is -2.40. The highest BCUT2D eigenvalue weighted by Gasteiger charge is 2.49. The van der Waals surface area contributed by atoms with E-state index in [1.807, 2.05) is 0 Å². The molecule has 1 aromatic rings. The number of ether oxygens (including phenoxy) is 1. The van der Waals surface area contributed by atoms with Gasteiger partial charge in [-0.25, -0.2) is 4.68 Å². The average molecular weight is 358 g/mol. The summed E-state index contributed by atoms with van der Waals surface area (Å²) in [4.78, 5) is 12.3. The standard InChI is InChI=1S/C16H21F3N4O2/c17-16(18,19)13-6-11(9-3-4-9)21-14-7-12(22-23(13)14)15(24)20-8-10-2-1-5-25-10/h7,9-11,13,21H,1-6,8H2,(H,20,24)/t10-,11+,13-/m0/s1. The second-order valence-electron chi connectivity index (χ2n) is 7.09. The largest absolute Gasteiger partial charge is 0.410 e. The summed E-state index contributed by atoms with van der Waals surface area (Å²) in [7, 11) is 0. The minimum Gasteiger partial charge on any atom is -0.376 e. The Morgan fingerprint density at radius 2 is 2.20 bits per heavy atom. The molecule has 0 radical (unpaired) electrons. The van der Waals surface area contributed by atoms with Crippen molar-refractivity contribution in [2.24, 2.45) is 5.92 Å². The van der Waals surface area contributed by atoms with E-state index in [-0.39, 0.29) is 36.0 Å². The van der Waals surface area contributed by atoms with Crippen LogP contribution in [-0.2, 0) is 4.74 Å². The monoisotopic (exact) mass is 358 g/mol. The number of alkyl halides is 3. The number of hydrogen-bond donors (Lipinski definition) is 2. The Morgan fingerprint density at radius 3 is 2.84 bits per heavy atom. The topological polar surface area (TPSA) is 68.2 Å². The van der Waals surface area contributed by atoms with Gasteiger partial charge in [0.1, 0.15) is 5.82 Å². The summed E-state index contributed by atoms with van der Waals surface area (Å²) in [6.45, 7) is 1.03. The van der Waals surface area contributed by atoms with Crippen molar-refractivity contribution >= 4 is 11.7 Å². The third-order valence-corrected chi connectivity index (χ3v) is 5.16. The molecule has 0 aromatic carbocycles. The smallest absolute Gasteiger partial charge is 0.376 e. The maximum absolute atomic E-state index is 13.4. The molecule has 3 atom stereocenters. The number of carbonyl (C=O) groups is 1. The van der Waals surface area contributed by atoms with Crippen LogP contribution >= 0.6 is 0 Å². The van der Waals surface area contributed by atoms with Crippen LogP contribution in [-0.4, -0.2) is 47.2 Å². The minimum atomic E-state index is -4.39. The van der Waals surface area contributed by atoms with E-state index >= 15 is 0 Å². The lowest BCUT2D eigenvalue weighted by molar-refractivity contribution is -0.174. The van der Waals surface area contributed by atoms with Gasteiger partial charge < -0.3 is 15.4 Å². The fourth-order valence-electron chi connectivity index (χ4n) is 3.62. The molecule has 1 aliphatic carbocycles. The number of nitrogens with zero attached hydrogens (tertiary/aromatic N) is 2. The molecule has 9 heteroatoms. The number of anilines is 1. The molecule has 0 unspecified atom stereocenters. The average Bonchev–Trinajstić information content (AvgIpc) is 3.11. The van der Waals surface area contributed by atoms with E-state index in [4.69, 9.17) is 4.74 Å². The third-order valence-electron chi connectivity index (χ3n) is 5.16. The zero-order chi connectivity index (χ0) is 17.6. The first-order chi connectivity index (χ1) is 11.9. The van der Waals surface area contributed by atoms with Gasteiger partial charge in [-0.15, -0.1) is 0 Å². The quantitative estimate of drug-likeness (QED) is 0.868. The number of amides is 1. The van der Waals surface area contributed by atoms with Crippen molar-refractivity contribution in [2.75, 3.05) is 18.5 Å². The summed E-state index contributed by atoms with van der Waals surface area (Å²) in [5.74, 6) is 0.0844. The molecule has 4 rings (SSSR count). The lowest BCUT2D eigenvalue weighted by atomic mass is 10.0. The van der Waals surface area contributed by atoms with E-state index in [2.05, 4.69) is 15.7 Å². The molecule has 6 nitrogen and oxygen atoms in total. The molecule has 0 spiro atoms. The highest BCUT2D eigenvalue weighted by atomic mass is 19.4. The van der Waals surface area contributed by atoms with Crippen molar-refractivity contribution in [1.29, 1.82) is 0 Å². The van der Waals surface area contributed by atoms with Gasteiger partial charge in [0, 0.05) is 25.3 Å². The van der Waals surface area contributed by atoms with Crippen LogP contribution in [0.2, 0.25) is 0 Å². The van der Waals surface area contributed by atoms with Crippen LogP contribution in [0.15, 0.2) is 6.07 Å². The first-order valence-corrected chi connectivity index (χ1v) is 8.74. The van der Waals surface area contributed by atoms with Crippen LogP contribution in [0.3, 0.4) is 0 Å². The maximum atomic E-state index is 13.4. The Kier molecular flexibility index (Phi) is 4.13. The van der Waals surface area contributed by atoms with Crippen LogP contribution < -0.4 is 10.6 Å². The highest BCUT2D eigenvalue weighted by molar-refractivity contribution is 5.93. The zero-order valence-electron chi connectivity index (χ0n) is 13.7. The van der Waals surface area contributed by atoms with Crippen molar-refractivity contribution in [3.63, 3.8) is 0 Å². The number of halogens is 3. The Hall–Kier alpha value is -1.77. The normalized spacial score (nSPS) is 29.2. The van der Waals surface area contributed by atoms with Gasteiger partial charge in [0.25, 0.3) is 5.91 Å². The fourth-order valence-corrected chi connectivity index (χ4v) is 3.62. The first kappa shape index (κ1) is 16.7. The van der Waals surface area contributed by atoms with Crippen molar-refractivity contribution in [2.45, 2.75) is 56.5 Å². The van der Waals surface area contributed by atoms with E-state index in [1.165, 1.54) is 6.07 Å². The summed E-state index contributed by atoms with van der Waals surface area (Å²) in [6.07, 6.45) is -0.724. The number of hydrogen-bond acceptors (Lipinski definition) is 4. The zero-order valence-corrected chi connectivity index (χ0v) is 13.7. The molecule has 1 aromatic heterocycles. The Labute approximate surface area is 143 Å². The molecule has 2 N–H and O–H groups in total. The molecule has 25 heavy (non-hydrogen) atoms. The summed E-state index contributed by atoms with van der Waals surface area (Å²) >= 11 is 0. The minimum absolute atomic E-state index is 0.00574. The molecule has 138 valence electrons. The van der Waals surface area contributed by atoms with Gasteiger partial charge in [-0.2, -0.15) is 18.3 Å². The highest BCUT2D eigenvalue weighted by Crippen LogP contribution is 2.45. The predicted octanol–water partition coefficient (Wildman–Crippen LogP) is 2.49. The molecule has 0 bridgehead atoms. The van der Waals surface area contributed by atoms with Gasteiger partial charge in [-0.3, -0.25) is 4.79 Å². The second kappa shape index (κ2) is 6.19. The Bertz CT molecular complexity index is 650.